The molecule has 10 heteroatoms. The van der Waals surface area contributed by atoms with E-state index in [9.17, 15) is 10.1 Å². The van der Waals surface area contributed by atoms with Crippen molar-refractivity contribution in [3.8, 4) is 23.3 Å². The van der Waals surface area contributed by atoms with E-state index in [-0.39, 0.29) is 11.8 Å². The van der Waals surface area contributed by atoms with Crippen LogP contribution in [0.5, 0.6) is 23.3 Å². The normalized spacial score (nSPS) is 11.0. The van der Waals surface area contributed by atoms with Gasteiger partial charge in [-0.3, -0.25) is 15.1 Å². The van der Waals surface area contributed by atoms with Crippen LogP contribution in [0.25, 0.3) is 21.8 Å². The number of halogens is 1. The Labute approximate surface area is 195 Å². The molecule has 0 saturated carbocycles. The van der Waals surface area contributed by atoms with E-state index in [1.165, 1.54) is 0 Å². The van der Waals surface area contributed by atoms with Crippen LogP contribution in [0.15, 0.2) is 71.6 Å². The van der Waals surface area contributed by atoms with Crippen LogP contribution in [-0.4, -0.2) is 24.9 Å². The van der Waals surface area contributed by atoms with Gasteiger partial charge in [-0.2, -0.15) is 9.97 Å². The van der Waals surface area contributed by atoms with Crippen LogP contribution in [0.2, 0.25) is 0 Å². The molecule has 0 radical (unpaired) electrons. The van der Waals surface area contributed by atoms with E-state index in [0.717, 1.165) is 27.3 Å². The zero-order valence-electron chi connectivity index (χ0n) is 17.1. The molecule has 5 aromatic rings. The second-order valence-electron chi connectivity index (χ2n) is 7.02. The number of fused-ring (bicyclic) bond motifs is 2. The number of hydrogen-bond acceptors (Lipinski definition) is 8. The second kappa shape index (κ2) is 8.40. The first-order chi connectivity index (χ1) is 16.0. The Kier molecular flexibility index (Phi) is 5.27. The maximum Gasteiger partial charge on any atom is 0.393 e. The van der Waals surface area contributed by atoms with Crippen LogP contribution >= 0.6 is 15.9 Å². The largest absolute Gasteiger partial charge is 0.431 e. The predicted octanol–water partition coefficient (Wildman–Crippen LogP) is 6.14. The summed E-state index contributed by atoms with van der Waals surface area (Å²) in [5.41, 5.74) is 1.37. The Morgan fingerprint density at radius 2 is 1.64 bits per heavy atom. The highest BCUT2D eigenvalue weighted by Crippen LogP contribution is 2.40. The van der Waals surface area contributed by atoms with Gasteiger partial charge < -0.3 is 9.47 Å². The molecule has 2 aromatic carbocycles. The van der Waals surface area contributed by atoms with E-state index in [2.05, 4.69) is 35.9 Å². The smallest absolute Gasteiger partial charge is 0.393 e. The molecule has 0 amide bonds. The Bertz CT molecular complexity index is 1520. The van der Waals surface area contributed by atoms with Gasteiger partial charge in [0.2, 0.25) is 0 Å². The molecular formula is C23H14BrN5O4. The molecular weight excluding hydrogens is 490 g/mol. The van der Waals surface area contributed by atoms with E-state index in [1.807, 2.05) is 31.2 Å². The minimum Gasteiger partial charge on any atom is -0.431 e. The first-order valence-corrected chi connectivity index (χ1v) is 10.6. The molecule has 0 aliphatic rings. The summed E-state index contributed by atoms with van der Waals surface area (Å²) in [7, 11) is 0. The molecule has 0 N–H and O–H groups in total. The van der Waals surface area contributed by atoms with Crippen LogP contribution in [-0.2, 0) is 0 Å². The summed E-state index contributed by atoms with van der Waals surface area (Å²) in [4.78, 5) is 28.2. The summed E-state index contributed by atoms with van der Waals surface area (Å²) >= 11 is 3.47. The fourth-order valence-corrected chi connectivity index (χ4v) is 3.81. The first kappa shape index (κ1) is 20.7. The van der Waals surface area contributed by atoms with Crippen LogP contribution in [0.4, 0.5) is 5.69 Å². The van der Waals surface area contributed by atoms with Crippen LogP contribution in [0.1, 0.15) is 5.69 Å². The van der Waals surface area contributed by atoms with Gasteiger partial charge in [-0.1, -0.05) is 40.2 Å². The molecule has 0 aliphatic carbocycles. The summed E-state index contributed by atoms with van der Waals surface area (Å²) in [5.74, 6) is 0.127. The molecule has 3 heterocycles. The van der Waals surface area contributed by atoms with Gasteiger partial charge in [0.15, 0.2) is 11.5 Å². The third-order valence-corrected chi connectivity index (χ3v) is 5.54. The standard InChI is InChI=1S/C23H14BrN5O4/c1-13-7-8-14-4-2-6-17(19(14)28-13)32-22-21(29(30)31)23(27-12-26-22)33-18-10-9-16(24)15-5-3-11-25-20(15)18/h2-12H,1H3. The minimum absolute atomic E-state index is 0.254. The van der Waals surface area contributed by atoms with Crippen molar-refractivity contribution in [3.63, 3.8) is 0 Å². The zero-order chi connectivity index (χ0) is 22.9. The number of pyridine rings is 2. The molecule has 33 heavy (non-hydrogen) atoms. The Morgan fingerprint density at radius 1 is 0.879 bits per heavy atom. The number of aryl methyl sites for hydroxylation is 1. The van der Waals surface area contributed by atoms with E-state index in [1.54, 1.807) is 36.5 Å². The molecule has 0 atom stereocenters. The van der Waals surface area contributed by atoms with Gasteiger partial charge >= 0.3 is 17.4 Å². The fraction of sp³-hybridized carbons (Fsp3) is 0.0435. The van der Waals surface area contributed by atoms with Gasteiger partial charge in [-0.25, -0.2) is 4.98 Å². The number of aromatic nitrogens is 4. The molecule has 0 fully saturated rings. The average Bonchev–Trinajstić information content (AvgIpc) is 2.81. The summed E-state index contributed by atoms with van der Waals surface area (Å²) in [6.07, 6.45) is 2.76. The van der Waals surface area contributed by atoms with Crippen molar-refractivity contribution < 1.29 is 14.4 Å². The minimum atomic E-state index is -0.636. The van der Waals surface area contributed by atoms with E-state index in [0.29, 0.717) is 22.5 Å². The Balaban J connectivity index is 1.60. The Morgan fingerprint density at radius 3 is 2.39 bits per heavy atom. The maximum atomic E-state index is 12.0. The Hall–Kier alpha value is -4.18. The molecule has 5 rings (SSSR count). The number of para-hydroxylation sites is 1. The van der Waals surface area contributed by atoms with Gasteiger partial charge in [0.1, 0.15) is 17.4 Å². The lowest BCUT2D eigenvalue weighted by Gasteiger charge is -2.11. The molecule has 9 nitrogen and oxygen atoms in total. The number of nitrogens with zero attached hydrogens (tertiary/aromatic N) is 5. The van der Waals surface area contributed by atoms with Crippen molar-refractivity contribution in [1.29, 1.82) is 0 Å². The average molecular weight is 504 g/mol. The topological polar surface area (TPSA) is 113 Å². The monoisotopic (exact) mass is 503 g/mol. The van der Waals surface area contributed by atoms with Crippen molar-refractivity contribution in [1.82, 2.24) is 19.9 Å². The molecule has 0 aliphatic heterocycles. The van der Waals surface area contributed by atoms with Crippen molar-refractivity contribution in [2.75, 3.05) is 0 Å². The van der Waals surface area contributed by atoms with Crippen molar-refractivity contribution in [2.24, 2.45) is 0 Å². The zero-order valence-corrected chi connectivity index (χ0v) is 18.7. The highest BCUT2D eigenvalue weighted by molar-refractivity contribution is 9.10. The van der Waals surface area contributed by atoms with Crippen LogP contribution in [0.3, 0.4) is 0 Å². The van der Waals surface area contributed by atoms with E-state index < -0.39 is 10.6 Å². The van der Waals surface area contributed by atoms with E-state index >= 15 is 0 Å². The number of nitro groups is 1. The maximum absolute atomic E-state index is 12.0. The molecule has 162 valence electrons. The van der Waals surface area contributed by atoms with Gasteiger partial charge in [-0.15, -0.1) is 0 Å². The van der Waals surface area contributed by atoms with Crippen LogP contribution in [0, 0.1) is 17.0 Å². The number of hydrogen-bond donors (Lipinski definition) is 0. The highest BCUT2D eigenvalue weighted by atomic mass is 79.9. The summed E-state index contributed by atoms with van der Waals surface area (Å²) in [6, 6.07) is 16.2. The lowest BCUT2D eigenvalue weighted by atomic mass is 10.2. The van der Waals surface area contributed by atoms with Gasteiger partial charge in [-0.05, 0) is 37.3 Å². The molecule has 0 bridgehead atoms. The lowest BCUT2D eigenvalue weighted by molar-refractivity contribution is -0.387. The number of rotatable bonds is 5. The predicted molar refractivity (Wildman–Crippen MR) is 125 cm³/mol. The van der Waals surface area contributed by atoms with Gasteiger partial charge in [0, 0.05) is 27.1 Å². The third kappa shape index (κ3) is 3.92. The molecule has 3 aromatic heterocycles. The molecule has 0 spiro atoms. The molecule has 0 unspecified atom stereocenters. The third-order valence-electron chi connectivity index (χ3n) is 4.85. The lowest BCUT2D eigenvalue weighted by Crippen LogP contribution is -2.02. The van der Waals surface area contributed by atoms with Crippen molar-refractivity contribution >= 4 is 43.4 Å². The van der Waals surface area contributed by atoms with E-state index in [4.69, 9.17) is 9.47 Å². The van der Waals surface area contributed by atoms with Gasteiger partial charge in [0.25, 0.3) is 0 Å². The summed E-state index contributed by atoms with van der Waals surface area (Å²) in [5, 5.41) is 13.6. The van der Waals surface area contributed by atoms with Crippen LogP contribution < -0.4 is 9.47 Å². The fourth-order valence-electron chi connectivity index (χ4n) is 3.36. The molecule has 0 saturated heterocycles. The number of benzene rings is 2. The van der Waals surface area contributed by atoms with Crippen molar-refractivity contribution in [3.05, 3.63) is 87.4 Å². The van der Waals surface area contributed by atoms with Gasteiger partial charge in [0.05, 0.1) is 4.92 Å². The summed E-state index contributed by atoms with van der Waals surface area (Å²) < 4.78 is 12.5. The first-order valence-electron chi connectivity index (χ1n) is 9.76. The number of ether oxygens (including phenoxy) is 2. The van der Waals surface area contributed by atoms with Crippen molar-refractivity contribution in [2.45, 2.75) is 6.92 Å². The second-order valence-corrected chi connectivity index (χ2v) is 7.87. The summed E-state index contributed by atoms with van der Waals surface area (Å²) in [6.45, 7) is 1.85. The quantitative estimate of drug-likeness (QED) is 0.207. The SMILES string of the molecule is Cc1ccc2cccc(Oc3ncnc(Oc4ccc(Br)c5cccnc45)c3[N+](=O)[O-])c2n1. The highest BCUT2D eigenvalue weighted by Gasteiger charge is 2.28.